The summed E-state index contributed by atoms with van der Waals surface area (Å²) in [4.78, 5) is 27.7. The van der Waals surface area contributed by atoms with Gasteiger partial charge in [0.05, 0.1) is 11.8 Å². The lowest BCUT2D eigenvalue weighted by Gasteiger charge is -2.21. The third-order valence-electron chi connectivity index (χ3n) is 2.70. The van der Waals surface area contributed by atoms with Gasteiger partial charge in [-0.1, -0.05) is 0 Å². The zero-order chi connectivity index (χ0) is 15.4. The molecule has 0 radical (unpaired) electrons. The van der Waals surface area contributed by atoms with Crippen LogP contribution >= 0.6 is 0 Å². The van der Waals surface area contributed by atoms with Crippen molar-refractivity contribution in [3.8, 4) is 5.75 Å². The third kappa shape index (κ3) is 3.33. The van der Waals surface area contributed by atoms with Gasteiger partial charge in [-0.05, 0) is 30.3 Å². The number of aromatic nitrogens is 1. The largest absolute Gasteiger partial charge is 0.508 e. The minimum atomic E-state index is -1.24. The van der Waals surface area contributed by atoms with Crippen molar-refractivity contribution >= 4 is 17.6 Å². The number of aromatic hydroxyl groups is 1. The second kappa shape index (κ2) is 6.00. The predicted octanol–water partition coefficient (Wildman–Crippen LogP) is 1.66. The third-order valence-corrected chi connectivity index (χ3v) is 2.70. The van der Waals surface area contributed by atoms with E-state index in [1.807, 2.05) is 0 Å². The van der Waals surface area contributed by atoms with Crippen molar-refractivity contribution in [2.24, 2.45) is 0 Å². The summed E-state index contributed by atoms with van der Waals surface area (Å²) in [5.74, 6) is -2.91. The molecule has 0 atom stereocenters. The van der Waals surface area contributed by atoms with Crippen LogP contribution in [0.2, 0.25) is 0 Å². The number of phenols is 1. The normalized spacial score (nSPS) is 10.1. The van der Waals surface area contributed by atoms with Crippen molar-refractivity contribution in [2.45, 2.75) is 0 Å². The lowest BCUT2D eigenvalue weighted by atomic mass is 10.2. The molecule has 6 nitrogen and oxygen atoms in total. The van der Waals surface area contributed by atoms with Gasteiger partial charge in [0, 0.05) is 11.9 Å². The molecule has 0 fully saturated rings. The maximum absolute atomic E-state index is 13.6. The van der Waals surface area contributed by atoms with Crippen LogP contribution in [-0.2, 0) is 4.79 Å². The summed E-state index contributed by atoms with van der Waals surface area (Å²) >= 11 is 0. The van der Waals surface area contributed by atoms with E-state index in [1.165, 1.54) is 36.5 Å². The summed E-state index contributed by atoms with van der Waals surface area (Å²) in [5.41, 5.74) is -0.0456. The minimum absolute atomic E-state index is 0.0310. The van der Waals surface area contributed by atoms with Crippen molar-refractivity contribution in [1.82, 2.24) is 4.98 Å². The number of nitrogens with zero attached hydrogens (tertiary/aromatic N) is 2. The maximum atomic E-state index is 13.6. The molecule has 0 bridgehead atoms. The SMILES string of the molecule is O=C(O)CN(C(=O)c1ccncc1F)c1ccc(O)cc1. The van der Waals surface area contributed by atoms with E-state index in [-0.39, 0.29) is 17.0 Å². The first-order valence-electron chi connectivity index (χ1n) is 5.91. The first-order valence-corrected chi connectivity index (χ1v) is 5.91. The van der Waals surface area contributed by atoms with Crippen molar-refractivity contribution < 1.29 is 24.2 Å². The molecule has 1 aromatic heterocycles. The molecule has 0 unspecified atom stereocenters. The molecule has 108 valence electrons. The van der Waals surface area contributed by atoms with E-state index in [9.17, 15) is 19.1 Å². The first kappa shape index (κ1) is 14.4. The smallest absolute Gasteiger partial charge is 0.323 e. The summed E-state index contributed by atoms with van der Waals surface area (Å²) in [6, 6.07) is 6.53. The van der Waals surface area contributed by atoms with Gasteiger partial charge in [0.1, 0.15) is 12.3 Å². The van der Waals surface area contributed by atoms with Gasteiger partial charge in [0.2, 0.25) is 0 Å². The number of phenolic OH excluding ortho intramolecular Hbond substituents is 1. The summed E-state index contributed by atoms with van der Waals surface area (Å²) < 4.78 is 13.6. The molecule has 7 heteroatoms. The number of carboxylic acid groups (broad SMARTS) is 1. The van der Waals surface area contributed by atoms with Gasteiger partial charge in [-0.2, -0.15) is 0 Å². The topological polar surface area (TPSA) is 90.7 Å². The fourth-order valence-electron chi connectivity index (χ4n) is 1.74. The van der Waals surface area contributed by atoms with Crippen LogP contribution in [0, 0.1) is 5.82 Å². The molecule has 0 aliphatic carbocycles. The van der Waals surface area contributed by atoms with E-state index in [0.717, 1.165) is 11.1 Å². The van der Waals surface area contributed by atoms with Gasteiger partial charge in [-0.15, -0.1) is 0 Å². The standard InChI is InChI=1S/C14H11FN2O4/c15-12-7-16-6-5-11(12)14(21)17(8-13(19)20)9-1-3-10(18)4-2-9/h1-7,18H,8H2,(H,19,20). The molecule has 0 aliphatic rings. The number of amides is 1. The molecule has 1 amide bonds. The Bertz CT molecular complexity index is 673. The van der Waals surface area contributed by atoms with Crippen molar-refractivity contribution in [1.29, 1.82) is 0 Å². The summed E-state index contributed by atoms with van der Waals surface area (Å²) in [7, 11) is 0. The highest BCUT2D eigenvalue weighted by Gasteiger charge is 2.23. The Balaban J connectivity index is 2.40. The van der Waals surface area contributed by atoms with Crippen LogP contribution in [0.25, 0.3) is 0 Å². The number of anilines is 1. The lowest BCUT2D eigenvalue weighted by Crippen LogP contribution is -2.36. The highest BCUT2D eigenvalue weighted by atomic mass is 19.1. The van der Waals surface area contributed by atoms with Gasteiger partial charge < -0.3 is 10.2 Å². The van der Waals surface area contributed by atoms with Crippen molar-refractivity contribution in [2.75, 3.05) is 11.4 Å². The van der Waals surface area contributed by atoms with Crippen LogP contribution in [0.4, 0.5) is 10.1 Å². The van der Waals surface area contributed by atoms with Crippen LogP contribution in [0.5, 0.6) is 5.75 Å². The molecular weight excluding hydrogens is 279 g/mol. The molecule has 0 spiro atoms. The molecule has 0 saturated heterocycles. The van der Waals surface area contributed by atoms with Gasteiger partial charge in [-0.25, -0.2) is 4.39 Å². The number of pyridine rings is 1. The fourth-order valence-corrected chi connectivity index (χ4v) is 1.74. The molecule has 1 aromatic carbocycles. The Labute approximate surface area is 119 Å². The van der Waals surface area contributed by atoms with Gasteiger partial charge >= 0.3 is 5.97 Å². The van der Waals surface area contributed by atoms with Crippen LogP contribution in [-0.4, -0.2) is 33.6 Å². The number of rotatable bonds is 4. The van der Waals surface area contributed by atoms with Crippen LogP contribution in [0.15, 0.2) is 42.7 Å². The van der Waals surface area contributed by atoms with Crippen molar-refractivity contribution in [3.63, 3.8) is 0 Å². The highest BCUT2D eigenvalue weighted by Crippen LogP contribution is 2.21. The Kier molecular flexibility index (Phi) is 4.13. The number of carbonyl (C=O) groups excluding carboxylic acids is 1. The van der Waals surface area contributed by atoms with Gasteiger partial charge in [0.25, 0.3) is 5.91 Å². The number of aliphatic carboxylic acids is 1. The number of benzene rings is 1. The number of halogens is 1. The quantitative estimate of drug-likeness (QED) is 0.893. The van der Waals surface area contributed by atoms with Crippen LogP contribution in [0.3, 0.4) is 0 Å². The van der Waals surface area contributed by atoms with Crippen LogP contribution < -0.4 is 4.90 Å². The second-order valence-corrected chi connectivity index (χ2v) is 4.16. The average Bonchev–Trinajstić information content (AvgIpc) is 2.45. The van der Waals surface area contributed by atoms with Gasteiger partial charge in [0.15, 0.2) is 5.82 Å². The zero-order valence-electron chi connectivity index (χ0n) is 10.7. The molecular formula is C14H11FN2O4. The number of carboxylic acids is 1. The average molecular weight is 290 g/mol. The number of hydrogen-bond donors (Lipinski definition) is 2. The molecule has 2 aromatic rings. The van der Waals surface area contributed by atoms with E-state index < -0.39 is 24.2 Å². The molecule has 0 aliphatic heterocycles. The highest BCUT2D eigenvalue weighted by molar-refractivity contribution is 6.08. The molecule has 1 heterocycles. The summed E-state index contributed by atoms with van der Waals surface area (Å²) in [6.07, 6.45) is 2.12. The molecule has 0 saturated carbocycles. The van der Waals surface area contributed by atoms with E-state index in [0.29, 0.717) is 0 Å². The van der Waals surface area contributed by atoms with E-state index in [2.05, 4.69) is 4.98 Å². The van der Waals surface area contributed by atoms with E-state index in [1.54, 1.807) is 0 Å². The van der Waals surface area contributed by atoms with Crippen LogP contribution in [0.1, 0.15) is 10.4 Å². The molecule has 21 heavy (non-hydrogen) atoms. The van der Waals surface area contributed by atoms with E-state index >= 15 is 0 Å². The van der Waals surface area contributed by atoms with Crippen molar-refractivity contribution in [3.05, 3.63) is 54.1 Å². The number of carbonyl (C=O) groups is 2. The monoisotopic (exact) mass is 290 g/mol. The Morgan fingerprint density at radius 1 is 1.19 bits per heavy atom. The Morgan fingerprint density at radius 2 is 1.86 bits per heavy atom. The van der Waals surface area contributed by atoms with E-state index in [4.69, 9.17) is 5.11 Å². The first-order chi connectivity index (χ1) is 9.99. The molecule has 2 rings (SSSR count). The number of hydrogen-bond acceptors (Lipinski definition) is 4. The Hall–Kier alpha value is -2.96. The lowest BCUT2D eigenvalue weighted by molar-refractivity contribution is -0.135. The second-order valence-electron chi connectivity index (χ2n) is 4.16. The summed E-state index contributed by atoms with van der Waals surface area (Å²) in [5, 5.41) is 18.1. The predicted molar refractivity (Wildman–Crippen MR) is 71.6 cm³/mol. The Morgan fingerprint density at radius 3 is 2.43 bits per heavy atom. The zero-order valence-corrected chi connectivity index (χ0v) is 10.7. The van der Waals surface area contributed by atoms with Gasteiger partial charge in [-0.3, -0.25) is 19.5 Å². The summed E-state index contributed by atoms with van der Waals surface area (Å²) in [6.45, 7) is -0.634. The minimum Gasteiger partial charge on any atom is -0.508 e. The maximum Gasteiger partial charge on any atom is 0.323 e. The molecule has 2 N–H and O–H groups in total. The fraction of sp³-hybridized carbons (Fsp3) is 0.0714.